The van der Waals surface area contributed by atoms with Gasteiger partial charge in [0.15, 0.2) is 0 Å². The van der Waals surface area contributed by atoms with E-state index in [-0.39, 0.29) is 141 Å². The predicted molar refractivity (Wildman–Crippen MR) is 388 cm³/mol. The van der Waals surface area contributed by atoms with Crippen molar-refractivity contribution in [3.8, 4) is 0 Å². The first-order chi connectivity index (χ1) is 52.3. The van der Waals surface area contributed by atoms with Crippen LogP contribution in [0.15, 0.2) is 0 Å². The van der Waals surface area contributed by atoms with Crippen molar-refractivity contribution in [1.82, 2.24) is 60.0 Å². The van der Waals surface area contributed by atoms with E-state index in [0.29, 0.717) is 38.5 Å². The number of rotatable bonds is 12. The summed E-state index contributed by atoms with van der Waals surface area (Å²) in [5, 5.41) is 8.48. The molecule has 3 N–H and O–H groups in total. The van der Waals surface area contributed by atoms with Gasteiger partial charge in [-0.05, 0) is 152 Å². The van der Waals surface area contributed by atoms with Crippen LogP contribution in [0.2, 0.25) is 0 Å². The van der Waals surface area contributed by atoms with Crippen LogP contribution < -0.4 is 16.0 Å². The van der Waals surface area contributed by atoms with Crippen LogP contribution in [0.3, 0.4) is 0 Å². The van der Waals surface area contributed by atoms with Crippen LogP contribution in [-0.2, 0) is 67.0 Å². The van der Waals surface area contributed by atoms with Crippen molar-refractivity contribution in [1.29, 1.82) is 0 Å². The lowest BCUT2D eigenvalue weighted by Gasteiger charge is -2.47. The highest BCUT2D eigenvalue weighted by atomic mass is 19.4. The van der Waals surface area contributed by atoms with E-state index in [0.717, 1.165) is 19.6 Å². The average molecular weight is 1590 g/mol. The number of fused-ring (bicyclic) bond motifs is 4. The van der Waals surface area contributed by atoms with Crippen molar-refractivity contribution in [2.24, 2.45) is 47.3 Å². The highest BCUT2D eigenvalue weighted by Crippen LogP contribution is 2.46. The molecular formula is C77H118F8N12O14. The normalized spacial score (nSPS) is 34.4. The number of nitrogens with zero attached hydrogens (tertiary/aromatic N) is 9. The first kappa shape index (κ1) is 88.0. The molecule has 34 heteroatoms. The number of carbonyl (C=O) groups is 12. The predicted octanol–water partition coefficient (Wildman–Crippen LogP) is 5.95. The largest absolute Gasteiger partial charge is 0.397 e. The molecule has 0 aromatic carbocycles. The first-order valence-corrected chi connectivity index (χ1v) is 40.3. The molecule has 5 saturated heterocycles. The fourth-order valence-corrected chi connectivity index (χ4v) is 18.6. The van der Waals surface area contributed by atoms with Gasteiger partial charge in [-0.2, -0.15) is 26.3 Å². The number of nitrogens with one attached hydrogen (secondary N) is 3. The van der Waals surface area contributed by atoms with Gasteiger partial charge >= 0.3 is 12.4 Å². The van der Waals surface area contributed by atoms with E-state index >= 15 is 56.7 Å². The molecule has 12 amide bonds. The molecule has 15 atom stereocenters. The number of hydrogen-bond acceptors (Lipinski definition) is 14. The second kappa shape index (κ2) is 37.1. The smallest absolute Gasteiger partial charge is 0.378 e. The summed E-state index contributed by atoms with van der Waals surface area (Å²) in [4.78, 5) is 194. The third-order valence-electron chi connectivity index (χ3n) is 26.3. The Hall–Kier alpha value is -7.00. The molecule has 1 spiro atoms. The summed E-state index contributed by atoms with van der Waals surface area (Å²) in [5.41, 5.74) is -1.70. The quantitative estimate of drug-likeness (QED) is 0.190. The standard InChI is InChI=1S/C77H118F8N12O14/c1-12-43(4)63-72(107)95-29-26-55(95)69(104)91(9)57-34-44(5)45(6)40-96(71(57)106)59(37-46-20-23-49(24-21-46)76(80,81)82)68(103)89(7)42-60(98)86-53(25-22-47-35-51(78)62(52(79)36-47)77(83,84)85)67(102)97-41-50(111-14-3)38-56(97)66(101)88-75(27-17-28-75)74(109)93(11)64(48-18-15-16-19-48)73(108)92(10)58(70(105)94-30-32-110-33-31-94)39-61(99)90(8)54(13-2)65(100)87-63/h43-59,62-64H,12-42H2,1-11H3,(H,86,98)(H,87,100)(H,88,101)/t43-,44+,45-,46?,47?,49?,50+,51?,52?,53-,54-,55-,56-,57-,58-,59-,62?,63-,64-/m0/s1. The van der Waals surface area contributed by atoms with E-state index in [9.17, 15) is 35.9 Å². The molecule has 0 aromatic rings. The van der Waals surface area contributed by atoms with Gasteiger partial charge in [-0.3, -0.25) is 57.5 Å². The molecule has 626 valence electrons. The maximum Gasteiger partial charge on any atom is 0.397 e. The van der Waals surface area contributed by atoms with Crippen molar-refractivity contribution in [2.75, 3.05) is 94.3 Å². The number of ether oxygens (including phenoxy) is 2. The van der Waals surface area contributed by atoms with Crippen molar-refractivity contribution < 1.29 is 102 Å². The van der Waals surface area contributed by atoms with E-state index in [2.05, 4.69) is 16.0 Å². The Morgan fingerprint density at radius 2 is 1.24 bits per heavy atom. The minimum absolute atomic E-state index is 0.00547. The number of likely N-dealkylation sites (N-methyl/N-ethyl adjacent to an activating group) is 5. The summed E-state index contributed by atoms with van der Waals surface area (Å²) in [5.74, 6) is -17.1. The van der Waals surface area contributed by atoms with E-state index in [4.69, 9.17) is 9.47 Å². The molecule has 0 radical (unpaired) electrons. The molecule has 4 saturated carbocycles. The lowest BCUT2D eigenvalue weighted by Crippen LogP contribution is -2.68. The number of carbonyl (C=O) groups excluding carboxylic acids is 12. The molecule has 4 aliphatic carbocycles. The third kappa shape index (κ3) is 19.9. The molecule has 2 bridgehead atoms. The van der Waals surface area contributed by atoms with Crippen LogP contribution in [0.5, 0.6) is 0 Å². The van der Waals surface area contributed by atoms with Gasteiger partial charge in [-0.25, -0.2) is 8.78 Å². The maximum absolute atomic E-state index is 15.7. The third-order valence-corrected chi connectivity index (χ3v) is 26.3. The summed E-state index contributed by atoms with van der Waals surface area (Å²) in [6.45, 7) is 9.96. The Kier molecular flexibility index (Phi) is 29.4. The van der Waals surface area contributed by atoms with Gasteiger partial charge in [0, 0.05) is 81.0 Å². The van der Waals surface area contributed by atoms with E-state index in [1.54, 1.807) is 27.7 Å². The van der Waals surface area contributed by atoms with E-state index in [1.807, 2.05) is 13.8 Å². The number of halogens is 8. The second-order valence-electron chi connectivity index (χ2n) is 33.4. The molecule has 2 unspecified atom stereocenters. The van der Waals surface area contributed by atoms with Gasteiger partial charge in [0.2, 0.25) is 70.9 Å². The highest BCUT2D eigenvalue weighted by molar-refractivity contribution is 6.01. The number of morpholine rings is 1. The zero-order valence-corrected chi connectivity index (χ0v) is 66.2. The molecule has 0 aromatic heterocycles. The van der Waals surface area contributed by atoms with Crippen LogP contribution in [-0.4, -0.2) is 300 Å². The number of alkyl halides is 8. The second-order valence-corrected chi connectivity index (χ2v) is 33.4. The Balaban J connectivity index is 1.11. The minimum Gasteiger partial charge on any atom is -0.378 e. The zero-order chi connectivity index (χ0) is 81.6. The highest BCUT2D eigenvalue weighted by Gasteiger charge is 2.57. The molecule has 5 heterocycles. The van der Waals surface area contributed by atoms with Gasteiger partial charge in [0.05, 0.1) is 38.2 Å². The Labute approximate surface area is 645 Å². The molecule has 26 nitrogen and oxygen atoms in total. The summed E-state index contributed by atoms with van der Waals surface area (Å²) >= 11 is 0. The summed E-state index contributed by atoms with van der Waals surface area (Å²) in [7, 11) is 6.80. The van der Waals surface area contributed by atoms with E-state index in [1.165, 1.54) is 59.7 Å². The molecule has 9 aliphatic rings. The van der Waals surface area contributed by atoms with Gasteiger partial charge < -0.3 is 69.5 Å². The Morgan fingerprint density at radius 3 is 1.80 bits per heavy atom. The van der Waals surface area contributed by atoms with Crippen LogP contribution in [0.1, 0.15) is 183 Å². The maximum atomic E-state index is 15.7. The fraction of sp³-hybridized carbons (Fsp3) is 0.844. The van der Waals surface area contributed by atoms with Crippen LogP contribution in [0.25, 0.3) is 0 Å². The van der Waals surface area contributed by atoms with Gasteiger partial charge in [0.1, 0.15) is 78.2 Å². The van der Waals surface area contributed by atoms with Gasteiger partial charge in [-0.1, -0.05) is 53.9 Å². The van der Waals surface area contributed by atoms with Crippen LogP contribution in [0, 0.1) is 47.3 Å². The monoisotopic (exact) mass is 1590 g/mol. The van der Waals surface area contributed by atoms with Crippen molar-refractivity contribution >= 4 is 70.9 Å². The lowest BCUT2D eigenvalue weighted by atomic mass is 9.74. The molecule has 111 heavy (non-hydrogen) atoms. The molecular weight excluding hydrogens is 1470 g/mol. The molecule has 9 fully saturated rings. The average Bonchev–Trinajstić information content (AvgIpc) is 1.74. The Bertz CT molecular complexity index is 3340. The van der Waals surface area contributed by atoms with Crippen molar-refractivity contribution in [2.45, 2.75) is 274 Å². The zero-order valence-electron chi connectivity index (χ0n) is 66.2. The molecule has 5 aliphatic heterocycles. The van der Waals surface area contributed by atoms with Gasteiger partial charge in [-0.15, -0.1) is 0 Å². The SMILES string of the molecule is CCO[C@@H]1C[C@H]2C(=O)NC3(CCC3)C(=O)N(C)[C@@H](C3CCCC3)C(=O)N(C)[C@H](C(=O)N3CCOCC3)CC(=O)N(C)[C@@H](CC)C(=O)N[C@@H]([C@@H](C)CC)C(=O)N3CC[C@H]3C(=O)N(C)[C@H]3C[C@@H](C)[C@@H](C)CN(C3=O)[C@@H](CC3CCC(C(F)(F)F)CC3)C(=O)N(C)CC(=O)N[C@@H](CCC3CC(F)C(C(F)(F)F)C(F)C3)C(=O)N2C1. The van der Waals surface area contributed by atoms with Crippen LogP contribution in [0.4, 0.5) is 35.1 Å². The van der Waals surface area contributed by atoms with Gasteiger partial charge in [0.25, 0.3) is 0 Å². The summed E-state index contributed by atoms with van der Waals surface area (Å²) < 4.78 is 127. The topological polar surface area (TPSA) is 289 Å². The van der Waals surface area contributed by atoms with Crippen LogP contribution >= 0.6 is 0 Å². The summed E-state index contributed by atoms with van der Waals surface area (Å²) in [6, 6.07) is -12.4. The van der Waals surface area contributed by atoms with Crippen molar-refractivity contribution in [3.63, 3.8) is 0 Å². The number of hydrogen-bond donors (Lipinski definition) is 3. The first-order valence-electron chi connectivity index (χ1n) is 40.3. The van der Waals surface area contributed by atoms with E-state index < -0.39 is 229 Å². The summed E-state index contributed by atoms with van der Waals surface area (Å²) in [6.07, 6.45) is -16.4. The number of amides is 12. The Morgan fingerprint density at radius 1 is 0.604 bits per heavy atom. The fourth-order valence-electron chi connectivity index (χ4n) is 18.6. The minimum atomic E-state index is -5.22. The van der Waals surface area contributed by atoms with Crippen molar-refractivity contribution in [3.05, 3.63) is 0 Å². The molecule has 9 rings (SSSR count). The lowest BCUT2D eigenvalue weighted by molar-refractivity contribution is -0.219.